The van der Waals surface area contributed by atoms with E-state index in [1.165, 1.54) is 6.08 Å². The van der Waals surface area contributed by atoms with Crippen LogP contribution in [0.25, 0.3) is 0 Å². The summed E-state index contributed by atoms with van der Waals surface area (Å²) in [4.78, 5) is -0.0238. The summed E-state index contributed by atoms with van der Waals surface area (Å²) < 4.78 is 43.6. The summed E-state index contributed by atoms with van der Waals surface area (Å²) in [6.45, 7) is 7.86. The minimum absolute atomic E-state index is 0.0105. The van der Waals surface area contributed by atoms with Crippen LogP contribution in [0.3, 0.4) is 0 Å². The fourth-order valence-corrected chi connectivity index (χ4v) is 3.84. The number of aryl methyl sites for hydroxylation is 1. The Bertz CT molecular complexity index is 847. The van der Waals surface area contributed by atoms with E-state index >= 15 is 0 Å². The maximum atomic E-state index is 11.4. The van der Waals surface area contributed by atoms with Crippen molar-refractivity contribution in [2.75, 3.05) is 0 Å². The minimum Gasteiger partial charge on any atom is -0.449 e. The van der Waals surface area contributed by atoms with Gasteiger partial charge in [-0.05, 0) is 47.9 Å². The zero-order valence-electron chi connectivity index (χ0n) is 14.9. The van der Waals surface area contributed by atoms with Crippen LogP contribution in [-0.4, -0.2) is 18.8 Å². The lowest BCUT2D eigenvalue weighted by Crippen LogP contribution is -2.29. The minimum atomic E-state index is -4.18. The van der Waals surface area contributed by atoms with Crippen molar-refractivity contribution in [2.24, 2.45) is 11.3 Å². The molecular formula is C19H24O5S. The predicted octanol–water partition coefficient (Wildman–Crippen LogP) is 4.11. The monoisotopic (exact) mass is 364 g/mol. The number of allylic oxidation sites excluding steroid dienone is 3. The van der Waals surface area contributed by atoms with Gasteiger partial charge in [-0.2, -0.15) is 8.42 Å². The first kappa shape index (κ1) is 18.0. The van der Waals surface area contributed by atoms with E-state index < -0.39 is 15.9 Å². The Morgan fingerprint density at radius 2 is 1.80 bits per heavy atom. The van der Waals surface area contributed by atoms with Crippen LogP contribution in [0.4, 0.5) is 0 Å². The van der Waals surface area contributed by atoms with E-state index in [1.54, 1.807) is 6.08 Å². The van der Waals surface area contributed by atoms with Crippen molar-refractivity contribution in [3.8, 4) is 11.5 Å². The third-order valence-corrected chi connectivity index (χ3v) is 5.63. The number of ether oxygens (including phenoxy) is 2. The molecule has 5 nitrogen and oxygen atoms in total. The van der Waals surface area contributed by atoms with E-state index in [2.05, 4.69) is 13.8 Å². The van der Waals surface area contributed by atoms with Gasteiger partial charge in [0.1, 0.15) is 0 Å². The number of hydrogen-bond donors (Lipinski definition) is 1. The molecule has 0 spiro atoms. The smallest absolute Gasteiger partial charge is 0.294 e. The van der Waals surface area contributed by atoms with Gasteiger partial charge >= 0.3 is 0 Å². The summed E-state index contributed by atoms with van der Waals surface area (Å²) in [5.74, 6) is 0.837. The van der Waals surface area contributed by atoms with Gasteiger partial charge in [0.2, 0.25) is 5.79 Å². The Kier molecular flexibility index (Phi) is 4.24. The van der Waals surface area contributed by atoms with Crippen LogP contribution < -0.4 is 9.47 Å². The van der Waals surface area contributed by atoms with Crippen molar-refractivity contribution in [3.05, 3.63) is 46.9 Å². The van der Waals surface area contributed by atoms with E-state index in [1.807, 2.05) is 38.1 Å². The summed E-state index contributed by atoms with van der Waals surface area (Å²) in [6, 6.07) is 5.89. The van der Waals surface area contributed by atoms with Gasteiger partial charge in [0, 0.05) is 13.8 Å². The second-order valence-corrected chi connectivity index (χ2v) is 9.15. The largest absolute Gasteiger partial charge is 0.449 e. The summed E-state index contributed by atoms with van der Waals surface area (Å²) in [5, 5.41) is 0. The topological polar surface area (TPSA) is 72.8 Å². The van der Waals surface area contributed by atoms with Gasteiger partial charge in [-0.15, -0.1) is 0 Å². The predicted molar refractivity (Wildman–Crippen MR) is 96.1 cm³/mol. The molecule has 1 aliphatic carbocycles. The Balaban J connectivity index is 1.75. The average Bonchev–Trinajstić information content (AvgIpc) is 2.77. The van der Waals surface area contributed by atoms with E-state index in [0.717, 1.165) is 29.9 Å². The van der Waals surface area contributed by atoms with E-state index in [0.29, 0.717) is 0 Å². The molecule has 0 fully saturated rings. The van der Waals surface area contributed by atoms with Crippen LogP contribution in [0.15, 0.2) is 41.3 Å². The van der Waals surface area contributed by atoms with Crippen molar-refractivity contribution in [3.63, 3.8) is 0 Å². The SMILES string of the molecule is CC1(C)Oc2ccc(CC[C@H]3C=C(S(=O)(=O)O)C=CC3(C)C)cc2O1. The molecule has 2 aliphatic rings. The Labute approximate surface area is 149 Å². The Morgan fingerprint density at radius 3 is 2.48 bits per heavy atom. The number of benzene rings is 1. The second kappa shape index (κ2) is 5.88. The second-order valence-electron chi connectivity index (χ2n) is 7.73. The molecule has 0 saturated carbocycles. The molecule has 3 rings (SSSR count). The van der Waals surface area contributed by atoms with Gasteiger partial charge in [-0.1, -0.05) is 32.1 Å². The highest BCUT2D eigenvalue weighted by Crippen LogP contribution is 2.41. The molecule has 1 N–H and O–H groups in total. The molecule has 25 heavy (non-hydrogen) atoms. The Morgan fingerprint density at radius 1 is 1.12 bits per heavy atom. The van der Waals surface area contributed by atoms with Gasteiger partial charge in [0.25, 0.3) is 10.1 Å². The van der Waals surface area contributed by atoms with Crippen molar-refractivity contribution >= 4 is 10.1 Å². The maximum absolute atomic E-state index is 11.4. The third-order valence-electron chi connectivity index (χ3n) is 4.76. The number of hydrogen-bond acceptors (Lipinski definition) is 4. The molecule has 1 aromatic rings. The van der Waals surface area contributed by atoms with E-state index in [-0.39, 0.29) is 16.2 Å². The van der Waals surface area contributed by atoms with Crippen molar-refractivity contribution in [1.82, 2.24) is 0 Å². The van der Waals surface area contributed by atoms with Crippen LogP contribution in [0, 0.1) is 11.3 Å². The first-order valence-corrected chi connectivity index (χ1v) is 9.80. The molecule has 0 saturated heterocycles. The zero-order valence-corrected chi connectivity index (χ0v) is 15.8. The quantitative estimate of drug-likeness (QED) is 0.814. The molecule has 0 aromatic heterocycles. The highest BCUT2D eigenvalue weighted by Gasteiger charge is 2.33. The molecule has 0 bridgehead atoms. The fraction of sp³-hybridized carbons (Fsp3) is 0.474. The van der Waals surface area contributed by atoms with Crippen LogP contribution in [0.5, 0.6) is 11.5 Å². The number of rotatable bonds is 4. The van der Waals surface area contributed by atoms with Gasteiger partial charge in [-0.3, -0.25) is 4.55 Å². The molecule has 1 aromatic carbocycles. The molecule has 1 atom stereocenters. The van der Waals surface area contributed by atoms with E-state index in [9.17, 15) is 13.0 Å². The van der Waals surface area contributed by atoms with Crippen LogP contribution in [0.1, 0.15) is 39.7 Å². The molecule has 0 radical (unpaired) electrons. The summed E-state index contributed by atoms with van der Waals surface area (Å²) in [6.07, 6.45) is 6.52. The molecular weight excluding hydrogens is 340 g/mol. The highest BCUT2D eigenvalue weighted by atomic mass is 32.2. The Hall–Kier alpha value is -1.79. The lowest BCUT2D eigenvalue weighted by atomic mass is 9.73. The lowest BCUT2D eigenvalue weighted by Gasteiger charge is -2.32. The molecule has 6 heteroatoms. The first-order valence-electron chi connectivity index (χ1n) is 8.36. The molecule has 1 aliphatic heterocycles. The molecule has 1 heterocycles. The van der Waals surface area contributed by atoms with Crippen molar-refractivity contribution < 1.29 is 22.4 Å². The molecule has 0 amide bonds. The van der Waals surface area contributed by atoms with Gasteiger partial charge in [0.05, 0.1) is 4.91 Å². The zero-order chi connectivity index (χ0) is 18.5. The van der Waals surface area contributed by atoms with Gasteiger partial charge in [0.15, 0.2) is 11.5 Å². The first-order chi connectivity index (χ1) is 11.5. The summed E-state index contributed by atoms with van der Waals surface area (Å²) in [7, 11) is -4.18. The van der Waals surface area contributed by atoms with Crippen LogP contribution in [0.2, 0.25) is 0 Å². The summed E-state index contributed by atoms with van der Waals surface area (Å²) in [5.41, 5.74) is 0.930. The molecule has 136 valence electrons. The van der Waals surface area contributed by atoms with Gasteiger partial charge < -0.3 is 9.47 Å². The highest BCUT2D eigenvalue weighted by molar-refractivity contribution is 7.90. The fourth-order valence-electron chi connectivity index (χ4n) is 3.26. The maximum Gasteiger partial charge on any atom is 0.294 e. The lowest BCUT2D eigenvalue weighted by molar-refractivity contribution is -0.0431. The van der Waals surface area contributed by atoms with Crippen molar-refractivity contribution in [2.45, 2.75) is 46.3 Å². The third kappa shape index (κ3) is 3.90. The normalized spacial score (nSPS) is 23.4. The standard InChI is InChI=1S/C19H24O5S/c1-18(2)10-9-15(25(20,21)22)12-14(18)7-5-13-6-8-16-17(11-13)24-19(3,4)23-16/h6,8-12,14H,5,7H2,1-4H3,(H,20,21,22)/t14-/m0/s1. The van der Waals surface area contributed by atoms with Crippen LogP contribution in [-0.2, 0) is 16.5 Å². The van der Waals surface area contributed by atoms with E-state index in [4.69, 9.17) is 9.47 Å². The summed E-state index contributed by atoms with van der Waals surface area (Å²) >= 11 is 0. The average molecular weight is 364 g/mol. The van der Waals surface area contributed by atoms with Gasteiger partial charge in [-0.25, -0.2) is 0 Å². The van der Waals surface area contributed by atoms with Crippen LogP contribution >= 0.6 is 0 Å². The molecule has 0 unspecified atom stereocenters. The van der Waals surface area contributed by atoms with Crippen molar-refractivity contribution in [1.29, 1.82) is 0 Å². The number of fused-ring (bicyclic) bond motifs is 1.